The van der Waals surface area contributed by atoms with Crippen LogP contribution < -0.4 is 5.73 Å². The highest BCUT2D eigenvalue weighted by Gasteiger charge is 2.33. The third-order valence-corrected chi connectivity index (χ3v) is 6.75. The number of nitrogens with zero attached hydrogens (tertiary/aromatic N) is 3. The van der Waals surface area contributed by atoms with Crippen LogP contribution in [0.25, 0.3) is 16.9 Å². The minimum absolute atomic E-state index is 0.101. The third-order valence-electron chi connectivity index (χ3n) is 4.19. The molecule has 7 nitrogen and oxygen atoms in total. The molecule has 0 aromatic carbocycles. The predicted molar refractivity (Wildman–Crippen MR) is 95.6 cm³/mol. The number of aliphatic hydroxyl groups is 1. The number of imidazole rings is 1. The van der Waals surface area contributed by atoms with Gasteiger partial charge in [0.15, 0.2) is 21.5 Å². The van der Waals surface area contributed by atoms with Crippen molar-refractivity contribution in [1.29, 1.82) is 0 Å². The number of fused-ring (bicyclic) bond motifs is 1. The van der Waals surface area contributed by atoms with Gasteiger partial charge in [0.1, 0.15) is 5.65 Å². The van der Waals surface area contributed by atoms with E-state index < -0.39 is 38.8 Å². The second kappa shape index (κ2) is 6.24. The molecule has 0 amide bonds. The molecule has 3 rings (SSSR count). The zero-order valence-corrected chi connectivity index (χ0v) is 15.7. The maximum Gasteiger partial charge on any atom is 0.224 e. The van der Waals surface area contributed by atoms with Gasteiger partial charge in [-0.2, -0.15) is 9.37 Å². The smallest absolute Gasteiger partial charge is 0.224 e. The van der Waals surface area contributed by atoms with Gasteiger partial charge in [0.2, 0.25) is 5.95 Å². The first-order chi connectivity index (χ1) is 12.5. The van der Waals surface area contributed by atoms with Crippen molar-refractivity contribution in [3.05, 3.63) is 41.9 Å². The summed E-state index contributed by atoms with van der Waals surface area (Å²) in [6, 6.07) is 2.26. The number of sulfone groups is 1. The molecule has 10 heteroatoms. The first-order valence-electron chi connectivity index (χ1n) is 7.94. The van der Waals surface area contributed by atoms with Gasteiger partial charge in [0, 0.05) is 11.8 Å². The summed E-state index contributed by atoms with van der Waals surface area (Å²) in [7, 11) is -3.82. The molecule has 0 aliphatic heterocycles. The second-order valence-corrected chi connectivity index (χ2v) is 9.67. The summed E-state index contributed by atoms with van der Waals surface area (Å²) < 4.78 is 54.0. The predicted octanol–water partition coefficient (Wildman–Crippen LogP) is 2.32. The van der Waals surface area contributed by atoms with Gasteiger partial charge >= 0.3 is 0 Å². The molecule has 0 fully saturated rings. The lowest BCUT2D eigenvalue weighted by atomic mass is 10.2. The van der Waals surface area contributed by atoms with Crippen LogP contribution in [0.3, 0.4) is 0 Å². The lowest BCUT2D eigenvalue weighted by molar-refractivity contribution is 0.278. The van der Waals surface area contributed by atoms with Gasteiger partial charge in [0.25, 0.3) is 0 Å². The number of nitrogens with two attached hydrogens (primary N) is 1. The average molecular weight is 396 g/mol. The molecular formula is C17H18F2N4O3S. The minimum atomic E-state index is -3.82. The lowest BCUT2D eigenvalue weighted by Crippen LogP contribution is -2.29. The summed E-state index contributed by atoms with van der Waals surface area (Å²) in [6.45, 7) is 4.07. The van der Waals surface area contributed by atoms with E-state index >= 15 is 0 Å². The van der Waals surface area contributed by atoms with Crippen molar-refractivity contribution in [2.75, 3.05) is 5.73 Å². The number of hydrogen-bond donors (Lipinski definition) is 2. The van der Waals surface area contributed by atoms with Crippen LogP contribution in [0.5, 0.6) is 0 Å². The number of halogens is 2. The van der Waals surface area contributed by atoms with Crippen LogP contribution in [0.1, 0.15) is 26.3 Å². The number of anilines is 1. The Kier molecular flexibility index (Phi) is 4.43. The Balaban J connectivity index is 2.34. The Morgan fingerprint density at radius 3 is 2.52 bits per heavy atom. The molecule has 0 spiro atoms. The quantitative estimate of drug-likeness (QED) is 0.658. The van der Waals surface area contributed by atoms with E-state index in [0.29, 0.717) is 0 Å². The minimum Gasteiger partial charge on any atom is -0.392 e. The molecule has 0 saturated heterocycles. The van der Waals surface area contributed by atoms with Crippen molar-refractivity contribution in [1.82, 2.24) is 14.4 Å². The fourth-order valence-electron chi connectivity index (χ4n) is 2.60. The summed E-state index contributed by atoms with van der Waals surface area (Å²) in [6.07, 6.45) is 2.51. The number of rotatable bonds is 3. The molecule has 0 unspecified atom stereocenters. The van der Waals surface area contributed by atoms with Gasteiger partial charge in [-0.05, 0) is 32.9 Å². The largest absolute Gasteiger partial charge is 0.392 e. The van der Waals surface area contributed by atoms with Crippen molar-refractivity contribution in [3.8, 4) is 11.3 Å². The molecule has 0 aliphatic rings. The van der Waals surface area contributed by atoms with E-state index in [2.05, 4.69) is 9.97 Å². The zero-order valence-electron chi connectivity index (χ0n) is 14.9. The number of pyridine rings is 2. The fraction of sp³-hybridized carbons (Fsp3) is 0.294. The van der Waals surface area contributed by atoms with Crippen molar-refractivity contribution < 1.29 is 22.3 Å². The molecule has 0 atom stereocenters. The Morgan fingerprint density at radius 2 is 1.93 bits per heavy atom. The van der Waals surface area contributed by atoms with E-state index in [1.54, 1.807) is 0 Å². The highest BCUT2D eigenvalue weighted by atomic mass is 32.2. The summed E-state index contributed by atoms with van der Waals surface area (Å²) in [4.78, 5) is 7.29. The summed E-state index contributed by atoms with van der Waals surface area (Å²) >= 11 is 0. The first-order valence-corrected chi connectivity index (χ1v) is 9.43. The summed E-state index contributed by atoms with van der Waals surface area (Å²) in [5, 5.41) is 9.61. The van der Waals surface area contributed by atoms with Crippen LogP contribution in [0.4, 0.5) is 14.6 Å². The van der Waals surface area contributed by atoms with Gasteiger partial charge < -0.3 is 10.8 Å². The van der Waals surface area contributed by atoms with E-state index in [4.69, 9.17) is 5.73 Å². The van der Waals surface area contributed by atoms with Crippen LogP contribution in [-0.4, -0.2) is 32.6 Å². The van der Waals surface area contributed by atoms with Gasteiger partial charge in [-0.1, -0.05) is 0 Å². The van der Waals surface area contributed by atoms with Crippen LogP contribution in [0.2, 0.25) is 0 Å². The number of hydrogen-bond acceptors (Lipinski definition) is 6. The van der Waals surface area contributed by atoms with E-state index in [9.17, 15) is 22.3 Å². The van der Waals surface area contributed by atoms with Crippen LogP contribution in [0, 0.1) is 11.8 Å². The van der Waals surface area contributed by atoms with Crippen LogP contribution in [-0.2, 0) is 16.4 Å². The SMILES string of the molecule is CC(C)(C)S(=O)(=O)c1cn2c(-c3cc(F)c(N)nc3F)cnc2cc1CO. The Labute approximate surface area is 154 Å². The molecule has 0 bridgehead atoms. The van der Waals surface area contributed by atoms with Gasteiger partial charge in [-0.25, -0.2) is 17.8 Å². The van der Waals surface area contributed by atoms with Crippen molar-refractivity contribution in [3.63, 3.8) is 0 Å². The maximum atomic E-state index is 14.2. The van der Waals surface area contributed by atoms with Crippen molar-refractivity contribution in [2.45, 2.75) is 37.0 Å². The second-order valence-electron chi connectivity index (χ2n) is 7.00. The summed E-state index contributed by atoms with van der Waals surface area (Å²) in [5.74, 6) is -2.50. The zero-order chi connectivity index (χ0) is 20.1. The Morgan fingerprint density at radius 1 is 1.26 bits per heavy atom. The fourth-order valence-corrected chi connectivity index (χ4v) is 3.97. The van der Waals surface area contributed by atoms with E-state index in [1.807, 2.05) is 0 Å². The topological polar surface area (TPSA) is 111 Å². The molecule has 3 heterocycles. The molecular weight excluding hydrogens is 378 g/mol. The average Bonchev–Trinajstić information content (AvgIpc) is 2.98. The van der Waals surface area contributed by atoms with Crippen LogP contribution >= 0.6 is 0 Å². The number of aliphatic hydroxyl groups excluding tert-OH is 1. The standard InChI is InChI=1S/C17H18F2N4O3S/c1-17(2,3)27(25,26)13-7-23-12(6-21-14(23)4-9(13)8-24)10-5-11(18)16(20)22-15(10)19/h4-7,24H,8H2,1-3H3,(H2,20,22). The van der Waals surface area contributed by atoms with E-state index in [-0.39, 0.29) is 27.4 Å². The van der Waals surface area contributed by atoms with Crippen molar-refractivity contribution in [2.24, 2.45) is 0 Å². The third kappa shape index (κ3) is 3.04. The lowest BCUT2D eigenvalue weighted by Gasteiger charge is -2.21. The molecule has 3 N–H and O–H groups in total. The molecule has 0 saturated carbocycles. The summed E-state index contributed by atoms with van der Waals surface area (Å²) in [5.41, 5.74) is 5.58. The number of nitrogen functional groups attached to an aromatic ring is 1. The maximum absolute atomic E-state index is 14.2. The molecule has 0 aliphatic carbocycles. The molecule has 144 valence electrons. The molecule has 3 aromatic rings. The van der Waals surface area contributed by atoms with Crippen LogP contribution in [0.15, 0.2) is 29.4 Å². The molecule has 0 radical (unpaired) electrons. The van der Waals surface area contributed by atoms with Crippen molar-refractivity contribution >= 4 is 21.3 Å². The van der Waals surface area contributed by atoms with Gasteiger partial charge in [-0.3, -0.25) is 4.40 Å². The van der Waals surface area contributed by atoms with E-state index in [0.717, 1.165) is 6.07 Å². The molecule has 27 heavy (non-hydrogen) atoms. The van der Waals surface area contributed by atoms with Gasteiger partial charge in [0.05, 0.1) is 33.7 Å². The Bertz CT molecular complexity index is 1150. The number of aromatic nitrogens is 3. The normalized spacial score (nSPS) is 12.7. The monoisotopic (exact) mass is 396 g/mol. The Hall–Kier alpha value is -2.59. The first kappa shape index (κ1) is 19.2. The molecule has 3 aromatic heterocycles. The highest BCUT2D eigenvalue weighted by molar-refractivity contribution is 7.92. The highest BCUT2D eigenvalue weighted by Crippen LogP contribution is 2.31. The van der Waals surface area contributed by atoms with E-state index in [1.165, 1.54) is 43.6 Å². The van der Waals surface area contributed by atoms with Gasteiger partial charge in [-0.15, -0.1) is 0 Å².